The van der Waals surface area contributed by atoms with Crippen LogP contribution < -0.4 is 5.32 Å². The minimum Gasteiger partial charge on any atom is -0.477 e. The van der Waals surface area contributed by atoms with Gasteiger partial charge in [0.2, 0.25) is 5.88 Å². The molecule has 0 aromatic heterocycles. The molecule has 128 valence electrons. The van der Waals surface area contributed by atoms with Crippen LogP contribution in [0.3, 0.4) is 0 Å². The van der Waals surface area contributed by atoms with E-state index in [0.717, 1.165) is 18.4 Å². The standard InChI is InChI=1S/C17H24ClFN2O2/c1-4-9-23-17(20-3)15(14(18)5-2)16(22)21-11-12-7-6-8-13(19)10-12/h5,8,10,16,21-22H,3-4,6-7,9,11H2,1-2H3/b14-5+,17-15-. The van der Waals surface area contributed by atoms with E-state index < -0.39 is 6.23 Å². The van der Waals surface area contributed by atoms with E-state index in [-0.39, 0.29) is 11.7 Å². The van der Waals surface area contributed by atoms with Crippen LogP contribution in [-0.4, -0.2) is 31.2 Å². The minimum atomic E-state index is -1.09. The number of allylic oxidation sites excluding steroid dienone is 4. The third kappa shape index (κ3) is 6.29. The smallest absolute Gasteiger partial charge is 0.221 e. The number of nitrogens with one attached hydrogen (secondary N) is 1. The molecule has 0 radical (unpaired) electrons. The minimum absolute atomic E-state index is 0.193. The second-order valence-electron chi connectivity index (χ2n) is 5.08. The van der Waals surface area contributed by atoms with Gasteiger partial charge in [-0.15, -0.1) is 0 Å². The first kappa shape index (κ1) is 19.6. The summed E-state index contributed by atoms with van der Waals surface area (Å²) in [6.07, 6.45) is 5.78. The van der Waals surface area contributed by atoms with E-state index >= 15 is 0 Å². The molecule has 0 aromatic carbocycles. The lowest BCUT2D eigenvalue weighted by Gasteiger charge is -2.20. The van der Waals surface area contributed by atoms with Gasteiger partial charge in [-0.25, -0.2) is 9.38 Å². The fraction of sp³-hybridized carbons (Fsp3) is 0.471. The predicted octanol–water partition coefficient (Wildman–Crippen LogP) is 3.95. The Hall–Kier alpha value is -1.43. The average molecular weight is 343 g/mol. The van der Waals surface area contributed by atoms with Crippen molar-refractivity contribution in [3.05, 3.63) is 46.1 Å². The van der Waals surface area contributed by atoms with Crippen LogP contribution in [0.15, 0.2) is 51.1 Å². The molecule has 1 rings (SSSR count). The van der Waals surface area contributed by atoms with Crippen molar-refractivity contribution in [2.45, 2.75) is 39.3 Å². The lowest BCUT2D eigenvalue weighted by Crippen LogP contribution is -2.33. The van der Waals surface area contributed by atoms with Crippen LogP contribution in [0, 0.1) is 0 Å². The molecule has 4 nitrogen and oxygen atoms in total. The zero-order chi connectivity index (χ0) is 17.2. The fourth-order valence-corrected chi connectivity index (χ4v) is 2.29. The quantitative estimate of drug-likeness (QED) is 0.289. The molecule has 0 saturated carbocycles. The molecular weight excluding hydrogens is 319 g/mol. The Morgan fingerprint density at radius 2 is 2.39 bits per heavy atom. The van der Waals surface area contributed by atoms with Gasteiger partial charge < -0.3 is 9.84 Å². The maximum atomic E-state index is 13.2. The Bertz CT molecular complexity index is 539. The molecule has 0 heterocycles. The molecule has 1 aliphatic rings. The highest BCUT2D eigenvalue weighted by atomic mass is 35.5. The van der Waals surface area contributed by atoms with Crippen molar-refractivity contribution < 1.29 is 14.2 Å². The number of ether oxygens (including phenoxy) is 1. The van der Waals surface area contributed by atoms with E-state index in [1.807, 2.05) is 6.92 Å². The predicted molar refractivity (Wildman–Crippen MR) is 92.9 cm³/mol. The number of aliphatic hydroxyl groups excluding tert-OH is 1. The molecule has 0 spiro atoms. The third-order valence-corrected chi connectivity index (χ3v) is 3.69. The second kappa shape index (κ2) is 10.4. The Labute approximate surface area is 142 Å². The normalized spacial score (nSPS) is 17.9. The lowest BCUT2D eigenvalue weighted by atomic mass is 10.0. The topological polar surface area (TPSA) is 53.9 Å². The number of halogens is 2. The van der Waals surface area contributed by atoms with Gasteiger partial charge in [-0.05, 0) is 45.1 Å². The van der Waals surface area contributed by atoms with E-state index in [9.17, 15) is 9.50 Å². The first-order valence-electron chi connectivity index (χ1n) is 7.65. The number of aliphatic imine (C=N–C) groups is 1. The van der Waals surface area contributed by atoms with Crippen LogP contribution in [0.4, 0.5) is 4.39 Å². The second-order valence-corrected chi connectivity index (χ2v) is 5.48. The fourth-order valence-electron chi connectivity index (χ4n) is 2.10. The van der Waals surface area contributed by atoms with Gasteiger partial charge in [-0.1, -0.05) is 30.2 Å². The maximum absolute atomic E-state index is 13.2. The zero-order valence-corrected chi connectivity index (χ0v) is 14.4. The van der Waals surface area contributed by atoms with Gasteiger partial charge in [-0.3, -0.25) is 5.32 Å². The lowest BCUT2D eigenvalue weighted by molar-refractivity contribution is 0.157. The summed E-state index contributed by atoms with van der Waals surface area (Å²) in [6, 6.07) is 0. The van der Waals surface area contributed by atoms with Crippen molar-refractivity contribution in [3.8, 4) is 0 Å². The molecule has 0 saturated heterocycles. The van der Waals surface area contributed by atoms with Gasteiger partial charge in [0, 0.05) is 11.6 Å². The van der Waals surface area contributed by atoms with Crippen molar-refractivity contribution in [2.75, 3.05) is 13.2 Å². The highest BCUT2D eigenvalue weighted by Gasteiger charge is 2.20. The third-order valence-electron chi connectivity index (χ3n) is 3.27. The highest BCUT2D eigenvalue weighted by molar-refractivity contribution is 6.32. The van der Waals surface area contributed by atoms with Crippen molar-refractivity contribution in [1.29, 1.82) is 0 Å². The van der Waals surface area contributed by atoms with Crippen molar-refractivity contribution >= 4 is 18.3 Å². The highest BCUT2D eigenvalue weighted by Crippen LogP contribution is 2.24. The van der Waals surface area contributed by atoms with Crippen LogP contribution in [0.25, 0.3) is 0 Å². The number of hydrogen-bond donors (Lipinski definition) is 2. The van der Waals surface area contributed by atoms with Gasteiger partial charge in [0.1, 0.15) is 12.1 Å². The Morgan fingerprint density at radius 3 is 2.96 bits per heavy atom. The summed E-state index contributed by atoms with van der Waals surface area (Å²) in [5.41, 5.74) is 1.20. The summed E-state index contributed by atoms with van der Waals surface area (Å²) < 4.78 is 18.7. The van der Waals surface area contributed by atoms with E-state index in [1.54, 1.807) is 19.1 Å². The Morgan fingerprint density at radius 1 is 1.65 bits per heavy atom. The van der Waals surface area contributed by atoms with Crippen LogP contribution in [-0.2, 0) is 4.74 Å². The van der Waals surface area contributed by atoms with Gasteiger partial charge in [-0.2, -0.15) is 0 Å². The largest absolute Gasteiger partial charge is 0.477 e. The average Bonchev–Trinajstić information content (AvgIpc) is 2.56. The van der Waals surface area contributed by atoms with Crippen molar-refractivity contribution in [2.24, 2.45) is 4.99 Å². The van der Waals surface area contributed by atoms with E-state index in [0.29, 0.717) is 30.2 Å². The van der Waals surface area contributed by atoms with Crippen LogP contribution >= 0.6 is 11.6 Å². The molecule has 6 heteroatoms. The monoisotopic (exact) mass is 342 g/mol. The molecule has 0 aromatic rings. The zero-order valence-electron chi connectivity index (χ0n) is 13.6. The summed E-state index contributed by atoms with van der Waals surface area (Å²) in [6.45, 7) is 7.97. The van der Waals surface area contributed by atoms with Crippen molar-refractivity contribution in [1.82, 2.24) is 5.32 Å². The molecule has 1 atom stereocenters. The summed E-state index contributed by atoms with van der Waals surface area (Å²) >= 11 is 6.18. The number of aliphatic hydroxyl groups is 1. The first-order valence-corrected chi connectivity index (χ1v) is 8.03. The van der Waals surface area contributed by atoms with Gasteiger partial charge in [0.05, 0.1) is 12.2 Å². The molecule has 1 unspecified atom stereocenters. The van der Waals surface area contributed by atoms with Crippen LogP contribution in [0.2, 0.25) is 0 Å². The molecular formula is C17H24ClFN2O2. The van der Waals surface area contributed by atoms with Crippen LogP contribution in [0.5, 0.6) is 0 Å². The summed E-state index contributed by atoms with van der Waals surface area (Å²) in [7, 11) is 0. The van der Waals surface area contributed by atoms with Crippen LogP contribution in [0.1, 0.15) is 33.1 Å². The first-order chi connectivity index (χ1) is 11.0. The van der Waals surface area contributed by atoms with Gasteiger partial charge in [0.15, 0.2) is 0 Å². The summed E-state index contributed by atoms with van der Waals surface area (Å²) in [5.74, 6) is -0.0526. The summed E-state index contributed by atoms with van der Waals surface area (Å²) in [4.78, 5) is 3.82. The number of nitrogens with zero attached hydrogens (tertiary/aromatic N) is 1. The number of hydrogen-bond acceptors (Lipinski definition) is 4. The van der Waals surface area contributed by atoms with E-state index in [1.165, 1.54) is 6.08 Å². The number of rotatable bonds is 9. The summed E-state index contributed by atoms with van der Waals surface area (Å²) in [5, 5.41) is 13.7. The molecule has 0 bridgehead atoms. The van der Waals surface area contributed by atoms with E-state index in [2.05, 4.69) is 17.0 Å². The Balaban J connectivity index is 2.87. The molecule has 0 fully saturated rings. The van der Waals surface area contributed by atoms with Gasteiger partial charge >= 0.3 is 0 Å². The molecule has 1 aliphatic carbocycles. The SMILES string of the molecule is C=N/C(OCCC)=C(\C(Cl)=C/C)C(O)NCC1=CC(F)=CCC1. The molecule has 0 amide bonds. The Kier molecular flexibility index (Phi) is 8.84. The molecule has 2 N–H and O–H groups in total. The van der Waals surface area contributed by atoms with Crippen molar-refractivity contribution in [3.63, 3.8) is 0 Å². The molecule has 0 aliphatic heterocycles. The maximum Gasteiger partial charge on any atom is 0.221 e. The van der Waals surface area contributed by atoms with Gasteiger partial charge in [0.25, 0.3) is 0 Å². The van der Waals surface area contributed by atoms with E-state index in [4.69, 9.17) is 16.3 Å². The molecule has 23 heavy (non-hydrogen) atoms.